The Morgan fingerprint density at radius 2 is 2.00 bits per heavy atom. The number of aliphatic hydroxyl groups is 1. The van der Waals surface area contributed by atoms with Gasteiger partial charge in [0.25, 0.3) is 0 Å². The Hall–Kier alpha value is -0.860. The lowest BCUT2D eigenvalue weighted by molar-refractivity contribution is 0.169. The van der Waals surface area contributed by atoms with Crippen molar-refractivity contribution in [2.75, 3.05) is 6.54 Å². The molecule has 0 heterocycles. The van der Waals surface area contributed by atoms with E-state index in [1.807, 2.05) is 0 Å². The maximum atomic E-state index is 9.94. The standard InChI is InChI=1S/C15H23NO/c1-11(2)16-10-15(17)9-12-6-7-13-4-3-5-14(13)8-12/h6-8,11,15-17H,3-5,9-10H2,1-2H3. The Kier molecular flexibility index (Phi) is 4.19. The third kappa shape index (κ3) is 3.55. The maximum absolute atomic E-state index is 9.94. The highest BCUT2D eigenvalue weighted by Gasteiger charge is 2.12. The molecule has 17 heavy (non-hydrogen) atoms. The summed E-state index contributed by atoms with van der Waals surface area (Å²) in [5.74, 6) is 0. The lowest BCUT2D eigenvalue weighted by Gasteiger charge is -2.14. The quantitative estimate of drug-likeness (QED) is 0.816. The van der Waals surface area contributed by atoms with Crippen molar-refractivity contribution in [3.63, 3.8) is 0 Å². The Balaban J connectivity index is 1.90. The monoisotopic (exact) mass is 233 g/mol. The van der Waals surface area contributed by atoms with Crippen LogP contribution < -0.4 is 5.32 Å². The van der Waals surface area contributed by atoms with Crippen LogP contribution in [-0.4, -0.2) is 23.8 Å². The molecule has 0 aromatic heterocycles. The van der Waals surface area contributed by atoms with E-state index in [0.717, 1.165) is 6.42 Å². The molecule has 1 atom stereocenters. The molecule has 1 aliphatic rings. The van der Waals surface area contributed by atoms with E-state index in [9.17, 15) is 5.11 Å². The number of rotatable bonds is 5. The molecule has 1 unspecified atom stereocenters. The third-order valence-electron chi connectivity index (χ3n) is 3.40. The van der Waals surface area contributed by atoms with Crippen molar-refractivity contribution < 1.29 is 5.11 Å². The average Bonchev–Trinajstić information content (AvgIpc) is 2.73. The van der Waals surface area contributed by atoms with Gasteiger partial charge in [0, 0.05) is 12.6 Å². The number of hydrogen-bond acceptors (Lipinski definition) is 2. The second-order valence-electron chi connectivity index (χ2n) is 5.38. The van der Waals surface area contributed by atoms with Crippen molar-refractivity contribution in [3.8, 4) is 0 Å². The minimum absolute atomic E-state index is 0.281. The van der Waals surface area contributed by atoms with Gasteiger partial charge in [-0.25, -0.2) is 0 Å². The van der Waals surface area contributed by atoms with Crippen LogP contribution in [0.1, 0.15) is 37.0 Å². The Morgan fingerprint density at radius 3 is 2.76 bits per heavy atom. The molecule has 0 amide bonds. The van der Waals surface area contributed by atoms with Crippen LogP contribution in [0.25, 0.3) is 0 Å². The molecule has 0 bridgehead atoms. The number of benzene rings is 1. The van der Waals surface area contributed by atoms with E-state index in [1.54, 1.807) is 0 Å². The van der Waals surface area contributed by atoms with E-state index in [0.29, 0.717) is 12.6 Å². The molecule has 2 heteroatoms. The number of aryl methyl sites for hydroxylation is 2. The SMILES string of the molecule is CC(C)NCC(O)Cc1ccc2c(c1)CCC2. The Labute approximate surface area is 104 Å². The summed E-state index contributed by atoms with van der Waals surface area (Å²) in [7, 11) is 0. The largest absolute Gasteiger partial charge is 0.391 e. The predicted molar refractivity (Wildman–Crippen MR) is 71.3 cm³/mol. The van der Waals surface area contributed by atoms with Crippen molar-refractivity contribution in [3.05, 3.63) is 34.9 Å². The van der Waals surface area contributed by atoms with Gasteiger partial charge in [-0.2, -0.15) is 0 Å². The molecule has 0 saturated carbocycles. The third-order valence-corrected chi connectivity index (χ3v) is 3.40. The first-order valence-corrected chi connectivity index (χ1v) is 6.67. The molecule has 1 aromatic rings. The van der Waals surface area contributed by atoms with Crippen LogP contribution >= 0.6 is 0 Å². The summed E-state index contributed by atoms with van der Waals surface area (Å²) in [5.41, 5.74) is 4.26. The molecule has 0 saturated heterocycles. The van der Waals surface area contributed by atoms with E-state index in [-0.39, 0.29) is 6.10 Å². The van der Waals surface area contributed by atoms with Gasteiger partial charge < -0.3 is 10.4 Å². The highest BCUT2D eigenvalue weighted by molar-refractivity contribution is 5.35. The lowest BCUT2D eigenvalue weighted by atomic mass is 10.0. The zero-order valence-corrected chi connectivity index (χ0v) is 10.9. The second kappa shape index (κ2) is 5.65. The summed E-state index contributed by atoms with van der Waals surface area (Å²) in [4.78, 5) is 0. The van der Waals surface area contributed by atoms with Crippen molar-refractivity contribution >= 4 is 0 Å². The normalized spacial score (nSPS) is 16.2. The highest BCUT2D eigenvalue weighted by Crippen LogP contribution is 2.23. The first-order chi connectivity index (χ1) is 8.15. The fourth-order valence-electron chi connectivity index (χ4n) is 2.47. The molecule has 0 spiro atoms. The molecule has 0 fully saturated rings. The van der Waals surface area contributed by atoms with Gasteiger partial charge in [-0.1, -0.05) is 32.0 Å². The smallest absolute Gasteiger partial charge is 0.0704 e. The molecule has 0 radical (unpaired) electrons. The van der Waals surface area contributed by atoms with E-state index < -0.39 is 0 Å². The van der Waals surface area contributed by atoms with Crippen LogP contribution in [0.5, 0.6) is 0 Å². The summed E-state index contributed by atoms with van der Waals surface area (Å²) in [6.45, 7) is 4.87. The van der Waals surface area contributed by atoms with Crippen LogP contribution in [0.2, 0.25) is 0 Å². The molecule has 94 valence electrons. The molecule has 1 aromatic carbocycles. The van der Waals surface area contributed by atoms with Crippen molar-refractivity contribution in [2.24, 2.45) is 0 Å². The van der Waals surface area contributed by atoms with E-state index in [2.05, 4.69) is 37.4 Å². The van der Waals surface area contributed by atoms with Gasteiger partial charge in [-0.15, -0.1) is 0 Å². The minimum atomic E-state index is -0.281. The summed E-state index contributed by atoms with van der Waals surface area (Å²) >= 11 is 0. The van der Waals surface area contributed by atoms with Crippen molar-refractivity contribution in [1.82, 2.24) is 5.32 Å². The number of nitrogens with one attached hydrogen (secondary N) is 1. The lowest BCUT2D eigenvalue weighted by Crippen LogP contribution is -2.33. The summed E-state index contributed by atoms with van der Waals surface area (Å²) in [6.07, 6.45) is 4.21. The van der Waals surface area contributed by atoms with Crippen LogP contribution in [0.3, 0.4) is 0 Å². The fourth-order valence-corrected chi connectivity index (χ4v) is 2.47. The first-order valence-electron chi connectivity index (χ1n) is 6.67. The summed E-state index contributed by atoms with van der Waals surface area (Å²) in [6, 6.07) is 7.12. The van der Waals surface area contributed by atoms with E-state index in [1.165, 1.54) is 36.0 Å². The summed E-state index contributed by atoms with van der Waals surface area (Å²) in [5, 5.41) is 13.2. The second-order valence-corrected chi connectivity index (χ2v) is 5.38. The molecule has 1 aliphatic carbocycles. The van der Waals surface area contributed by atoms with Gasteiger partial charge in [-0.05, 0) is 42.4 Å². The molecule has 2 rings (SSSR count). The Bertz CT molecular complexity index is 373. The zero-order chi connectivity index (χ0) is 12.3. The average molecular weight is 233 g/mol. The fraction of sp³-hybridized carbons (Fsp3) is 0.600. The zero-order valence-electron chi connectivity index (χ0n) is 10.9. The van der Waals surface area contributed by atoms with Gasteiger partial charge in [0.05, 0.1) is 6.10 Å². The van der Waals surface area contributed by atoms with E-state index >= 15 is 0 Å². The van der Waals surface area contributed by atoms with Crippen LogP contribution in [0, 0.1) is 0 Å². The molecule has 2 N–H and O–H groups in total. The first kappa shape index (κ1) is 12.6. The van der Waals surface area contributed by atoms with E-state index in [4.69, 9.17) is 0 Å². The highest BCUT2D eigenvalue weighted by atomic mass is 16.3. The van der Waals surface area contributed by atoms with Crippen LogP contribution in [-0.2, 0) is 19.3 Å². The number of hydrogen-bond donors (Lipinski definition) is 2. The minimum Gasteiger partial charge on any atom is -0.391 e. The maximum Gasteiger partial charge on any atom is 0.0704 e. The van der Waals surface area contributed by atoms with Crippen molar-refractivity contribution in [1.29, 1.82) is 0 Å². The number of fused-ring (bicyclic) bond motifs is 1. The number of aliphatic hydroxyl groups excluding tert-OH is 1. The van der Waals surface area contributed by atoms with Gasteiger partial charge in [-0.3, -0.25) is 0 Å². The molecule has 2 nitrogen and oxygen atoms in total. The molecule has 0 aliphatic heterocycles. The molecular weight excluding hydrogens is 210 g/mol. The van der Waals surface area contributed by atoms with Crippen molar-refractivity contribution in [2.45, 2.75) is 51.7 Å². The topological polar surface area (TPSA) is 32.3 Å². The van der Waals surface area contributed by atoms with Gasteiger partial charge in [0.15, 0.2) is 0 Å². The Morgan fingerprint density at radius 1 is 1.24 bits per heavy atom. The summed E-state index contributed by atoms with van der Waals surface area (Å²) < 4.78 is 0. The molecular formula is C15H23NO. The van der Waals surface area contributed by atoms with Gasteiger partial charge >= 0.3 is 0 Å². The van der Waals surface area contributed by atoms with Gasteiger partial charge in [0.1, 0.15) is 0 Å². The predicted octanol–water partition coefficient (Wildman–Crippen LogP) is 2.08. The van der Waals surface area contributed by atoms with Crippen LogP contribution in [0.4, 0.5) is 0 Å². The van der Waals surface area contributed by atoms with Crippen LogP contribution in [0.15, 0.2) is 18.2 Å². The van der Waals surface area contributed by atoms with Gasteiger partial charge in [0.2, 0.25) is 0 Å².